The minimum absolute atomic E-state index is 1.11. The van der Waals surface area contributed by atoms with Gasteiger partial charge >= 0.3 is 0 Å². The third kappa shape index (κ3) is 6.41. The molecular weight excluding hydrogens is 725 g/mol. The maximum absolute atomic E-state index is 2.41. The van der Waals surface area contributed by atoms with Gasteiger partial charge in [-0.3, -0.25) is 0 Å². The Morgan fingerprint density at radius 3 is 1.30 bits per heavy atom. The van der Waals surface area contributed by atoms with Crippen molar-refractivity contribution in [3.63, 3.8) is 0 Å². The molecule has 0 bridgehead atoms. The number of nitrogens with zero attached hydrogens (tertiary/aromatic N) is 2. The highest BCUT2D eigenvalue weighted by atomic mass is 15.2. The van der Waals surface area contributed by atoms with E-state index in [2.05, 4.69) is 252 Å². The first-order valence-corrected chi connectivity index (χ1v) is 20.6. The molecule has 0 saturated heterocycles. The SMILES string of the molecule is c1ccc(-c2ccc(N(c3ccc(-c4ccccc4)cc3)c3ccc4cc(-c5ccc6c(c5)-c5ccccc5-c5ccccc5N6c5ccccc5)ccc4c3)cc2)cc1. The molecule has 0 spiro atoms. The van der Waals surface area contributed by atoms with Gasteiger partial charge in [0.1, 0.15) is 0 Å². The molecule has 11 rings (SSSR count). The van der Waals surface area contributed by atoms with E-state index in [0.29, 0.717) is 0 Å². The fraction of sp³-hybridized carbons (Fsp3) is 0. The number of hydrogen-bond donors (Lipinski definition) is 0. The smallest absolute Gasteiger partial charge is 0.0540 e. The van der Waals surface area contributed by atoms with Crippen LogP contribution in [0.1, 0.15) is 0 Å². The maximum atomic E-state index is 2.41. The Morgan fingerprint density at radius 1 is 0.250 bits per heavy atom. The highest BCUT2D eigenvalue weighted by molar-refractivity contribution is 6.03. The number of para-hydroxylation sites is 2. The lowest BCUT2D eigenvalue weighted by Crippen LogP contribution is -2.10. The average molecular weight is 765 g/mol. The Kier molecular flexibility index (Phi) is 8.87. The maximum Gasteiger partial charge on any atom is 0.0540 e. The van der Waals surface area contributed by atoms with Crippen molar-refractivity contribution < 1.29 is 0 Å². The molecule has 1 aliphatic heterocycles. The van der Waals surface area contributed by atoms with Crippen molar-refractivity contribution in [3.8, 4) is 55.6 Å². The number of anilines is 6. The van der Waals surface area contributed by atoms with Gasteiger partial charge in [0.25, 0.3) is 0 Å². The number of rotatable bonds is 7. The molecule has 0 atom stereocenters. The monoisotopic (exact) mass is 764 g/mol. The quantitative estimate of drug-likeness (QED) is 0.159. The Bertz CT molecular complexity index is 3040. The van der Waals surface area contributed by atoms with E-state index in [9.17, 15) is 0 Å². The van der Waals surface area contributed by atoms with Crippen molar-refractivity contribution in [2.24, 2.45) is 0 Å². The van der Waals surface area contributed by atoms with Gasteiger partial charge in [0.15, 0.2) is 0 Å². The summed E-state index contributed by atoms with van der Waals surface area (Å²) in [6, 6.07) is 87.9. The molecule has 2 heteroatoms. The van der Waals surface area contributed by atoms with Crippen LogP contribution < -0.4 is 9.80 Å². The third-order valence-electron chi connectivity index (χ3n) is 11.8. The van der Waals surface area contributed by atoms with Gasteiger partial charge in [-0.05, 0) is 128 Å². The summed E-state index contributed by atoms with van der Waals surface area (Å²) >= 11 is 0. The molecule has 60 heavy (non-hydrogen) atoms. The summed E-state index contributed by atoms with van der Waals surface area (Å²) in [7, 11) is 0. The van der Waals surface area contributed by atoms with Crippen LogP contribution in [0.3, 0.4) is 0 Å². The summed E-state index contributed by atoms with van der Waals surface area (Å²) in [6.45, 7) is 0. The molecule has 0 aromatic heterocycles. The van der Waals surface area contributed by atoms with Gasteiger partial charge in [0.05, 0.1) is 11.4 Å². The zero-order valence-corrected chi connectivity index (χ0v) is 33.0. The van der Waals surface area contributed by atoms with Crippen LogP contribution in [0.4, 0.5) is 34.1 Å². The van der Waals surface area contributed by atoms with Gasteiger partial charge < -0.3 is 9.80 Å². The fourth-order valence-corrected chi connectivity index (χ4v) is 8.83. The van der Waals surface area contributed by atoms with E-state index < -0.39 is 0 Å². The first-order chi connectivity index (χ1) is 29.7. The molecule has 0 aliphatic carbocycles. The zero-order chi connectivity index (χ0) is 39.8. The zero-order valence-electron chi connectivity index (χ0n) is 33.0. The number of hydrogen-bond acceptors (Lipinski definition) is 2. The Balaban J connectivity index is 0.988. The molecule has 0 amide bonds. The summed E-state index contributed by atoms with van der Waals surface area (Å²) in [6.07, 6.45) is 0. The summed E-state index contributed by atoms with van der Waals surface area (Å²) in [5.41, 5.74) is 18.9. The predicted molar refractivity (Wildman–Crippen MR) is 254 cm³/mol. The van der Waals surface area contributed by atoms with E-state index in [4.69, 9.17) is 0 Å². The summed E-state index contributed by atoms with van der Waals surface area (Å²) in [5.74, 6) is 0. The van der Waals surface area contributed by atoms with Crippen LogP contribution >= 0.6 is 0 Å². The molecule has 1 heterocycles. The lowest BCUT2D eigenvalue weighted by atomic mass is 9.92. The van der Waals surface area contributed by atoms with Crippen molar-refractivity contribution >= 4 is 44.9 Å². The van der Waals surface area contributed by atoms with Crippen molar-refractivity contribution in [2.45, 2.75) is 0 Å². The summed E-state index contributed by atoms with van der Waals surface area (Å²) in [4.78, 5) is 4.77. The Labute approximate surface area is 351 Å². The fourth-order valence-electron chi connectivity index (χ4n) is 8.83. The second-order valence-electron chi connectivity index (χ2n) is 15.4. The van der Waals surface area contributed by atoms with Crippen molar-refractivity contribution in [1.82, 2.24) is 0 Å². The van der Waals surface area contributed by atoms with E-state index in [1.54, 1.807) is 0 Å². The Morgan fingerprint density at radius 2 is 0.667 bits per heavy atom. The molecular formula is C58H40N2. The lowest BCUT2D eigenvalue weighted by molar-refractivity contribution is 1.29. The first-order valence-electron chi connectivity index (χ1n) is 20.6. The largest absolute Gasteiger partial charge is 0.310 e. The average Bonchev–Trinajstić information content (AvgIpc) is 3.45. The molecule has 2 nitrogen and oxygen atoms in total. The van der Waals surface area contributed by atoms with E-state index in [1.807, 2.05) is 0 Å². The molecule has 0 N–H and O–H groups in total. The first kappa shape index (κ1) is 35.2. The summed E-state index contributed by atoms with van der Waals surface area (Å²) in [5, 5.41) is 2.39. The minimum Gasteiger partial charge on any atom is -0.310 e. The highest BCUT2D eigenvalue weighted by Gasteiger charge is 2.26. The van der Waals surface area contributed by atoms with E-state index >= 15 is 0 Å². The molecule has 0 unspecified atom stereocenters. The van der Waals surface area contributed by atoms with Crippen molar-refractivity contribution in [3.05, 3.63) is 243 Å². The van der Waals surface area contributed by atoms with E-state index in [1.165, 1.54) is 77.8 Å². The molecule has 0 fully saturated rings. The van der Waals surface area contributed by atoms with Gasteiger partial charge in [-0.25, -0.2) is 0 Å². The normalized spacial score (nSPS) is 11.6. The van der Waals surface area contributed by atoms with Gasteiger partial charge in [-0.15, -0.1) is 0 Å². The van der Waals surface area contributed by atoms with E-state index in [-0.39, 0.29) is 0 Å². The van der Waals surface area contributed by atoms with Crippen LogP contribution in [0.15, 0.2) is 243 Å². The molecule has 0 radical (unpaired) electrons. The van der Waals surface area contributed by atoms with Crippen LogP contribution in [-0.4, -0.2) is 0 Å². The molecule has 282 valence electrons. The topological polar surface area (TPSA) is 6.48 Å². The third-order valence-corrected chi connectivity index (χ3v) is 11.8. The van der Waals surface area contributed by atoms with Gasteiger partial charge in [-0.1, -0.05) is 170 Å². The van der Waals surface area contributed by atoms with Crippen LogP contribution in [0, 0.1) is 0 Å². The molecule has 1 aliphatic rings. The molecule has 10 aromatic carbocycles. The number of benzene rings is 10. The standard InChI is InChI=1S/C58H40N2/c1-4-14-41(15-5-1)43-26-32-50(33-27-43)59(51-34-28-44(29-35-51)42-16-6-2-7-17-42)52-36-30-46-38-45(24-25-47(46)39-52)48-31-37-58-56(40-48)54-21-11-10-20-53(54)55-22-12-13-23-57(55)60(58)49-18-8-3-9-19-49/h1-40H. The number of fused-ring (bicyclic) bond motifs is 6. The van der Waals surface area contributed by atoms with Crippen molar-refractivity contribution in [2.75, 3.05) is 9.80 Å². The van der Waals surface area contributed by atoms with Crippen LogP contribution in [0.2, 0.25) is 0 Å². The van der Waals surface area contributed by atoms with Gasteiger partial charge in [0, 0.05) is 33.9 Å². The second-order valence-corrected chi connectivity index (χ2v) is 15.4. The second kappa shape index (κ2) is 15.1. The predicted octanol–water partition coefficient (Wildman–Crippen LogP) is 16.4. The van der Waals surface area contributed by atoms with Crippen LogP contribution in [-0.2, 0) is 0 Å². The highest BCUT2D eigenvalue weighted by Crippen LogP contribution is 2.51. The summed E-state index contributed by atoms with van der Waals surface area (Å²) < 4.78 is 0. The molecule has 0 saturated carbocycles. The van der Waals surface area contributed by atoms with Gasteiger partial charge in [0.2, 0.25) is 0 Å². The van der Waals surface area contributed by atoms with Crippen LogP contribution in [0.5, 0.6) is 0 Å². The molecule has 10 aromatic rings. The van der Waals surface area contributed by atoms with E-state index in [0.717, 1.165) is 22.7 Å². The van der Waals surface area contributed by atoms with Crippen LogP contribution in [0.25, 0.3) is 66.4 Å². The minimum atomic E-state index is 1.11. The van der Waals surface area contributed by atoms with Gasteiger partial charge in [-0.2, -0.15) is 0 Å². The van der Waals surface area contributed by atoms with Crippen molar-refractivity contribution in [1.29, 1.82) is 0 Å². The lowest BCUT2D eigenvalue weighted by Gasteiger charge is -2.27. The Hall–Kier alpha value is -7.94.